The van der Waals surface area contributed by atoms with E-state index in [0.29, 0.717) is 0 Å². The van der Waals surface area contributed by atoms with Crippen molar-refractivity contribution in [3.63, 3.8) is 0 Å². The first kappa shape index (κ1) is 20.3. The van der Waals surface area contributed by atoms with E-state index in [4.69, 9.17) is 9.97 Å². The lowest BCUT2D eigenvalue weighted by molar-refractivity contribution is 1.32. The summed E-state index contributed by atoms with van der Waals surface area (Å²) in [6, 6.07) is 24.5. The maximum atomic E-state index is 4.72. The lowest BCUT2D eigenvalue weighted by Gasteiger charge is -1.85. The Balaban J connectivity index is 1.43. The van der Waals surface area contributed by atoms with Gasteiger partial charge in [-0.2, -0.15) is 0 Å². The molecule has 0 amide bonds. The van der Waals surface area contributed by atoms with Gasteiger partial charge in [-0.15, -0.1) is 0 Å². The molecule has 6 nitrogen and oxygen atoms in total. The molecular weight excluding hydrogens is 444 g/mol. The number of fused-ring (bicyclic) bond motifs is 12. The highest BCUT2D eigenvalue weighted by atomic mass is 14.8. The lowest BCUT2D eigenvalue weighted by atomic mass is 10.3. The molecule has 0 saturated heterocycles. The Morgan fingerprint density at radius 3 is 1.25 bits per heavy atom. The number of hydrogen-bond acceptors (Lipinski definition) is 4. The van der Waals surface area contributed by atoms with Gasteiger partial charge in [0.15, 0.2) is 0 Å². The molecule has 170 valence electrons. The largest absolute Gasteiger partial charge is 0.355 e. The van der Waals surface area contributed by atoms with Crippen LogP contribution in [0.5, 0.6) is 0 Å². The van der Waals surface area contributed by atoms with E-state index in [1.165, 1.54) is 0 Å². The maximum absolute atomic E-state index is 4.72. The van der Waals surface area contributed by atoms with Crippen molar-refractivity contribution in [3.05, 3.63) is 107 Å². The van der Waals surface area contributed by atoms with Crippen molar-refractivity contribution < 1.29 is 0 Å². The molecule has 0 aliphatic carbocycles. The highest BCUT2D eigenvalue weighted by Crippen LogP contribution is 2.22. The van der Waals surface area contributed by atoms with Crippen LogP contribution in [0.2, 0.25) is 0 Å². The van der Waals surface area contributed by atoms with Crippen LogP contribution in [0.25, 0.3) is 46.4 Å². The van der Waals surface area contributed by atoms with Crippen molar-refractivity contribution in [2.24, 2.45) is 9.98 Å². The lowest BCUT2D eigenvalue weighted by Crippen LogP contribution is -1.73. The Kier molecular flexibility index (Phi) is 4.67. The Bertz CT molecular complexity index is 1580. The van der Waals surface area contributed by atoms with E-state index >= 15 is 0 Å². The third-order valence-electron chi connectivity index (χ3n) is 6.03. The molecule has 7 rings (SSSR count). The summed E-state index contributed by atoms with van der Waals surface area (Å²) in [5.41, 5.74) is 11.4. The van der Waals surface area contributed by atoms with Crippen LogP contribution in [0.4, 0.5) is 11.4 Å². The van der Waals surface area contributed by atoms with E-state index < -0.39 is 0 Å². The Hall–Kier alpha value is -5.10. The average Bonchev–Trinajstić information content (AvgIpc) is 3.68. The number of H-pyrrole nitrogens is 2. The number of nitrogens with zero attached hydrogens (tertiary/aromatic N) is 4. The second-order valence-corrected chi connectivity index (χ2v) is 8.85. The molecule has 6 heteroatoms. The average molecular weight is 465 g/mol. The fourth-order valence-corrected chi connectivity index (χ4v) is 4.39. The summed E-state index contributed by atoms with van der Waals surface area (Å²) in [7, 11) is 0. The van der Waals surface area contributed by atoms with Gasteiger partial charge in [-0.25, -0.2) is 9.97 Å². The van der Waals surface area contributed by atoms with Gasteiger partial charge >= 0.3 is 0 Å². The van der Waals surface area contributed by atoms with E-state index in [1.54, 1.807) is 0 Å². The SMILES string of the molecule is C1=Cc2cc3ccc(cc4cc(cc5nc(cc6ccc(cc7cc(cc1n2)N=C7)[nH]6)C=C5)N=C4)[nH]3. The highest BCUT2D eigenvalue weighted by Gasteiger charge is 2.04. The molecule has 12 bridgehead atoms. The van der Waals surface area contributed by atoms with Crippen molar-refractivity contribution in [2.75, 3.05) is 0 Å². The van der Waals surface area contributed by atoms with E-state index in [9.17, 15) is 0 Å². The Morgan fingerprint density at radius 1 is 0.417 bits per heavy atom. The molecule has 0 fully saturated rings. The molecule has 3 aromatic heterocycles. The van der Waals surface area contributed by atoms with Crippen LogP contribution in [-0.2, 0) is 0 Å². The van der Waals surface area contributed by atoms with E-state index in [-0.39, 0.29) is 0 Å². The molecular formula is C30H20N6. The number of aromatic amines is 2. The zero-order valence-corrected chi connectivity index (χ0v) is 19.2. The predicted molar refractivity (Wildman–Crippen MR) is 149 cm³/mol. The Labute approximate surface area is 206 Å². The van der Waals surface area contributed by atoms with E-state index in [2.05, 4.69) is 56.4 Å². The smallest absolute Gasteiger partial charge is 0.0659 e. The summed E-state index contributed by atoms with van der Waals surface area (Å²) in [5, 5.41) is 0. The van der Waals surface area contributed by atoms with Gasteiger partial charge in [0.25, 0.3) is 0 Å². The molecule has 7 heterocycles. The molecule has 0 spiro atoms. The van der Waals surface area contributed by atoms with Crippen molar-refractivity contribution >= 4 is 70.2 Å². The minimum absolute atomic E-state index is 0.878. The fraction of sp³-hybridized carbons (Fsp3) is 0. The van der Waals surface area contributed by atoms with Crippen LogP contribution in [0.1, 0.15) is 33.9 Å². The standard InChI is InChI=1S/C30H20N6/c1-3-23-13-25-5-7-27(35-25)16-30-12-20(18-32-30)10-22-2-4-24(34-22)14-26-6-8-28(36-26)15-29-11-19(17-31-29)9-21(1)33-23/h1-18,33-34H. The summed E-state index contributed by atoms with van der Waals surface area (Å²) in [5.74, 6) is 0. The fourth-order valence-electron chi connectivity index (χ4n) is 4.39. The minimum atomic E-state index is 0.878. The van der Waals surface area contributed by atoms with Gasteiger partial charge in [0, 0.05) is 34.5 Å². The van der Waals surface area contributed by atoms with Crippen molar-refractivity contribution in [3.8, 4) is 0 Å². The summed E-state index contributed by atoms with van der Waals surface area (Å²) >= 11 is 0. The monoisotopic (exact) mass is 464 g/mol. The molecule has 0 saturated carbocycles. The number of aromatic nitrogens is 4. The maximum Gasteiger partial charge on any atom is 0.0659 e. The van der Waals surface area contributed by atoms with Crippen LogP contribution < -0.4 is 0 Å². The first-order valence-corrected chi connectivity index (χ1v) is 11.7. The van der Waals surface area contributed by atoms with Crippen LogP contribution >= 0.6 is 0 Å². The summed E-state index contributed by atoms with van der Waals surface area (Å²) < 4.78 is 0. The second kappa shape index (κ2) is 8.29. The quantitative estimate of drug-likeness (QED) is 0.252. The van der Waals surface area contributed by atoms with Gasteiger partial charge in [-0.1, -0.05) is 0 Å². The van der Waals surface area contributed by atoms with E-state index in [1.807, 2.05) is 73.1 Å². The third-order valence-corrected chi connectivity index (χ3v) is 6.03. The molecule has 4 aliphatic rings. The third kappa shape index (κ3) is 4.23. The topological polar surface area (TPSA) is 82.1 Å². The molecule has 4 aliphatic heterocycles. The minimum Gasteiger partial charge on any atom is -0.355 e. The van der Waals surface area contributed by atoms with E-state index in [0.717, 1.165) is 67.3 Å². The van der Waals surface area contributed by atoms with Gasteiger partial charge in [-0.05, 0) is 108 Å². The van der Waals surface area contributed by atoms with Crippen LogP contribution in [-0.4, -0.2) is 32.4 Å². The number of hydrogen-bond donors (Lipinski definition) is 2. The van der Waals surface area contributed by atoms with Gasteiger partial charge in [0.05, 0.1) is 34.2 Å². The van der Waals surface area contributed by atoms with Crippen molar-refractivity contribution in [2.45, 2.75) is 0 Å². The molecule has 0 unspecified atom stereocenters. The Morgan fingerprint density at radius 2 is 0.806 bits per heavy atom. The zero-order valence-electron chi connectivity index (χ0n) is 19.2. The normalized spacial score (nSPS) is 13.1. The van der Waals surface area contributed by atoms with Crippen LogP contribution in [0.3, 0.4) is 0 Å². The summed E-state index contributed by atoms with van der Waals surface area (Å²) in [4.78, 5) is 25.4. The van der Waals surface area contributed by atoms with Crippen LogP contribution in [0.15, 0.2) is 82.8 Å². The van der Waals surface area contributed by atoms with Crippen molar-refractivity contribution in [1.29, 1.82) is 0 Å². The molecule has 36 heavy (non-hydrogen) atoms. The molecule has 0 radical (unpaired) electrons. The molecule has 0 atom stereocenters. The molecule has 2 N–H and O–H groups in total. The van der Waals surface area contributed by atoms with Gasteiger partial charge in [0.1, 0.15) is 0 Å². The summed E-state index contributed by atoms with van der Waals surface area (Å²) in [6.45, 7) is 0. The number of aliphatic imine (C=N–C) groups is 2. The first-order valence-electron chi connectivity index (χ1n) is 11.7. The predicted octanol–water partition coefficient (Wildman–Crippen LogP) is 7.03. The summed E-state index contributed by atoms with van der Waals surface area (Å²) in [6.07, 6.45) is 11.8. The molecule has 0 aromatic carbocycles. The van der Waals surface area contributed by atoms with Crippen molar-refractivity contribution in [1.82, 2.24) is 19.9 Å². The molecule has 3 aromatic rings. The van der Waals surface area contributed by atoms with Gasteiger partial charge in [0.2, 0.25) is 0 Å². The second-order valence-electron chi connectivity index (χ2n) is 8.85. The number of rotatable bonds is 0. The highest BCUT2D eigenvalue weighted by molar-refractivity contribution is 5.89. The van der Waals surface area contributed by atoms with Crippen LogP contribution in [0, 0.1) is 0 Å². The first-order chi connectivity index (χ1) is 17.7. The number of nitrogens with one attached hydrogen (secondary N) is 2. The van der Waals surface area contributed by atoms with Gasteiger partial charge < -0.3 is 9.97 Å². The van der Waals surface area contributed by atoms with Gasteiger partial charge in [-0.3, -0.25) is 9.98 Å². The zero-order chi connectivity index (χ0) is 23.9.